The van der Waals surface area contributed by atoms with Gasteiger partial charge in [0.2, 0.25) is 5.43 Å². The Hall–Kier alpha value is -2.63. The lowest BCUT2D eigenvalue weighted by atomic mass is 9.94. The summed E-state index contributed by atoms with van der Waals surface area (Å²) < 4.78 is 5.10. The van der Waals surface area contributed by atoms with Crippen LogP contribution in [0.4, 0.5) is 0 Å². The van der Waals surface area contributed by atoms with E-state index in [-0.39, 0.29) is 17.0 Å². The Balaban J connectivity index is 1.80. The summed E-state index contributed by atoms with van der Waals surface area (Å²) >= 11 is 0. The molecule has 1 unspecified atom stereocenters. The number of aryl methyl sites for hydroxylation is 1. The van der Waals surface area contributed by atoms with Gasteiger partial charge in [-0.2, -0.15) is 0 Å². The topological polar surface area (TPSA) is 79.5 Å². The van der Waals surface area contributed by atoms with E-state index in [1.54, 1.807) is 6.07 Å². The van der Waals surface area contributed by atoms with Gasteiger partial charge in [0.25, 0.3) is 5.91 Å². The zero-order valence-corrected chi connectivity index (χ0v) is 13.4. The third-order valence-corrected chi connectivity index (χ3v) is 5.13. The fourth-order valence-corrected chi connectivity index (χ4v) is 3.83. The van der Waals surface area contributed by atoms with Gasteiger partial charge in [0.1, 0.15) is 11.1 Å². The number of aromatic nitrogens is 1. The summed E-state index contributed by atoms with van der Waals surface area (Å²) in [7, 11) is 0. The molecule has 3 heterocycles. The first-order chi connectivity index (χ1) is 11.5. The van der Waals surface area contributed by atoms with E-state index >= 15 is 0 Å². The van der Waals surface area contributed by atoms with Crippen LogP contribution in [0.3, 0.4) is 0 Å². The van der Waals surface area contributed by atoms with Crippen LogP contribution >= 0.6 is 0 Å². The summed E-state index contributed by atoms with van der Waals surface area (Å²) in [4.78, 5) is 42.5. The van der Waals surface area contributed by atoms with Crippen LogP contribution in [0, 0.1) is 6.92 Å². The zero-order chi connectivity index (χ0) is 16.9. The summed E-state index contributed by atoms with van der Waals surface area (Å²) in [6.07, 6.45) is 3.30. The van der Waals surface area contributed by atoms with Crippen molar-refractivity contribution in [2.24, 2.45) is 0 Å². The average Bonchev–Trinajstić information content (AvgIpc) is 3.16. The van der Waals surface area contributed by atoms with Gasteiger partial charge in [-0.05, 0) is 31.9 Å². The lowest BCUT2D eigenvalue weighted by Gasteiger charge is -2.31. The number of esters is 1. The first-order valence-corrected chi connectivity index (χ1v) is 8.14. The normalized spacial score (nSPS) is 23.2. The van der Waals surface area contributed by atoms with Crippen molar-refractivity contribution in [2.45, 2.75) is 31.7 Å². The minimum absolute atomic E-state index is 0.0778. The predicted octanol–water partition coefficient (Wildman–Crippen LogP) is 1.76. The molecule has 2 saturated heterocycles. The number of fused-ring (bicyclic) bond motifs is 1. The number of nitrogens with one attached hydrogen (secondary N) is 1. The number of hydrogen-bond acceptors (Lipinski definition) is 4. The molecule has 1 aromatic carbocycles. The van der Waals surface area contributed by atoms with Crippen molar-refractivity contribution in [2.75, 3.05) is 13.2 Å². The minimum atomic E-state index is -0.884. The van der Waals surface area contributed by atoms with Crippen molar-refractivity contribution >= 4 is 22.8 Å². The molecule has 24 heavy (non-hydrogen) atoms. The zero-order valence-electron chi connectivity index (χ0n) is 13.4. The van der Waals surface area contributed by atoms with Crippen LogP contribution in [0.25, 0.3) is 10.9 Å². The second kappa shape index (κ2) is 5.19. The monoisotopic (exact) mass is 326 g/mol. The second-order valence-electron chi connectivity index (χ2n) is 6.56. The highest BCUT2D eigenvalue weighted by Gasteiger charge is 2.54. The molecule has 1 spiro atoms. The Bertz CT molecular complexity index is 913. The molecule has 6 heteroatoms. The maximum Gasteiger partial charge on any atom is 0.332 e. The van der Waals surface area contributed by atoms with Gasteiger partial charge >= 0.3 is 5.97 Å². The number of benzene rings is 1. The predicted molar refractivity (Wildman–Crippen MR) is 87.9 cm³/mol. The van der Waals surface area contributed by atoms with Crippen LogP contribution in [0.15, 0.2) is 29.2 Å². The SMILES string of the molecule is Cc1ccc2[nH]cc(C(=O)N3CCCC34CCOC4=O)c(=O)c2c1. The van der Waals surface area contributed by atoms with E-state index in [9.17, 15) is 14.4 Å². The number of nitrogens with zero attached hydrogens (tertiary/aromatic N) is 1. The number of likely N-dealkylation sites (tertiary alicyclic amines) is 1. The molecule has 2 fully saturated rings. The molecule has 1 atom stereocenters. The first kappa shape index (κ1) is 14.9. The van der Waals surface area contributed by atoms with Crippen LogP contribution in [0.2, 0.25) is 0 Å². The Labute approximate surface area is 138 Å². The summed E-state index contributed by atoms with van der Waals surface area (Å²) in [5, 5.41) is 0.489. The minimum Gasteiger partial charge on any atom is -0.464 e. The van der Waals surface area contributed by atoms with Gasteiger partial charge in [-0.15, -0.1) is 0 Å². The average molecular weight is 326 g/mol. The number of cyclic esters (lactones) is 1. The van der Waals surface area contributed by atoms with Crippen molar-refractivity contribution in [3.8, 4) is 0 Å². The van der Waals surface area contributed by atoms with Crippen molar-refractivity contribution in [3.63, 3.8) is 0 Å². The molecular weight excluding hydrogens is 308 g/mol. The molecule has 0 radical (unpaired) electrons. The van der Waals surface area contributed by atoms with Gasteiger partial charge in [-0.3, -0.25) is 9.59 Å². The van der Waals surface area contributed by atoms with Gasteiger partial charge in [0, 0.05) is 30.1 Å². The number of rotatable bonds is 1. The molecule has 0 bridgehead atoms. The third-order valence-electron chi connectivity index (χ3n) is 5.13. The molecule has 124 valence electrons. The standard InChI is InChI=1S/C18H18N2O4/c1-11-3-4-14-12(9-11)15(21)13(10-19-14)16(22)20-7-2-5-18(20)6-8-24-17(18)23/h3-4,9-10H,2,5-8H2,1H3,(H,19,21). The molecule has 4 rings (SSSR count). The summed E-state index contributed by atoms with van der Waals surface area (Å²) in [6.45, 7) is 2.70. The molecule has 2 aliphatic rings. The molecular formula is C18H18N2O4. The van der Waals surface area contributed by atoms with Gasteiger partial charge in [0.15, 0.2) is 0 Å². The van der Waals surface area contributed by atoms with Crippen LogP contribution in [-0.4, -0.2) is 40.5 Å². The number of pyridine rings is 1. The van der Waals surface area contributed by atoms with Crippen molar-refractivity contribution in [3.05, 3.63) is 45.7 Å². The van der Waals surface area contributed by atoms with Crippen LogP contribution in [0.5, 0.6) is 0 Å². The molecule has 2 aliphatic heterocycles. The van der Waals surface area contributed by atoms with E-state index in [0.717, 1.165) is 12.0 Å². The van der Waals surface area contributed by atoms with Crippen LogP contribution in [-0.2, 0) is 9.53 Å². The molecule has 1 amide bonds. The van der Waals surface area contributed by atoms with Crippen molar-refractivity contribution < 1.29 is 14.3 Å². The quantitative estimate of drug-likeness (QED) is 0.810. The van der Waals surface area contributed by atoms with Gasteiger partial charge in [0.05, 0.1) is 6.61 Å². The van der Waals surface area contributed by atoms with Gasteiger partial charge < -0.3 is 14.6 Å². The Kier molecular flexibility index (Phi) is 3.23. The number of carbonyl (C=O) groups is 2. The molecule has 0 saturated carbocycles. The number of amides is 1. The molecule has 6 nitrogen and oxygen atoms in total. The van der Waals surface area contributed by atoms with E-state index < -0.39 is 11.4 Å². The number of ether oxygens (including phenoxy) is 1. The number of aromatic amines is 1. The van der Waals surface area contributed by atoms with E-state index in [1.807, 2.05) is 19.1 Å². The third kappa shape index (κ3) is 1.99. The molecule has 1 aromatic heterocycles. The van der Waals surface area contributed by atoms with E-state index in [1.165, 1.54) is 11.1 Å². The highest BCUT2D eigenvalue weighted by atomic mass is 16.5. The molecule has 0 aliphatic carbocycles. The lowest BCUT2D eigenvalue weighted by Crippen LogP contribution is -2.51. The van der Waals surface area contributed by atoms with Crippen molar-refractivity contribution in [1.29, 1.82) is 0 Å². The first-order valence-electron chi connectivity index (χ1n) is 8.14. The number of hydrogen-bond donors (Lipinski definition) is 1. The maximum atomic E-state index is 13.0. The highest BCUT2D eigenvalue weighted by molar-refractivity contribution is 6.00. The van der Waals surface area contributed by atoms with E-state index in [2.05, 4.69) is 4.98 Å². The Morgan fingerprint density at radius 3 is 2.88 bits per heavy atom. The summed E-state index contributed by atoms with van der Waals surface area (Å²) in [5.74, 6) is -0.739. The van der Waals surface area contributed by atoms with Gasteiger partial charge in [-0.25, -0.2) is 4.79 Å². The maximum absolute atomic E-state index is 13.0. The molecule has 2 aromatic rings. The smallest absolute Gasteiger partial charge is 0.332 e. The fourth-order valence-electron chi connectivity index (χ4n) is 3.83. The van der Waals surface area contributed by atoms with Crippen LogP contribution < -0.4 is 5.43 Å². The Morgan fingerprint density at radius 1 is 1.29 bits per heavy atom. The fraction of sp³-hybridized carbons (Fsp3) is 0.389. The molecule has 1 N–H and O–H groups in total. The Morgan fingerprint density at radius 2 is 2.12 bits per heavy atom. The van der Waals surface area contributed by atoms with E-state index in [4.69, 9.17) is 4.74 Å². The lowest BCUT2D eigenvalue weighted by molar-refractivity contribution is -0.145. The highest BCUT2D eigenvalue weighted by Crippen LogP contribution is 2.38. The summed E-state index contributed by atoms with van der Waals surface area (Å²) in [6, 6.07) is 5.50. The summed E-state index contributed by atoms with van der Waals surface area (Å²) in [5.41, 5.74) is 0.540. The largest absolute Gasteiger partial charge is 0.464 e. The van der Waals surface area contributed by atoms with Crippen LogP contribution in [0.1, 0.15) is 35.2 Å². The number of carbonyl (C=O) groups excluding carboxylic acids is 2. The van der Waals surface area contributed by atoms with Crippen molar-refractivity contribution in [1.82, 2.24) is 9.88 Å². The second-order valence-corrected chi connectivity index (χ2v) is 6.56. The van der Waals surface area contributed by atoms with E-state index in [0.29, 0.717) is 36.9 Å². The van der Waals surface area contributed by atoms with Gasteiger partial charge in [-0.1, -0.05) is 11.6 Å². The number of H-pyrrole nitrogens is 1.